The van der Waals surface area contributed by atoms with Crippen molar-refractivity contribution < 1.29 is 0 Å². The van der Waals surface area contributed by atoms with Gasteiger partial charge in [0.05, 0.1) is 0 Å². The van der Waals surface area contributed by atoms with Crippen LogP contribution in [0.5, 0.6) is 0 Å². The van der Waals surface area contributed by atoms with Crippen LogP contribution in [0.25, 0.3) is 0 Å². The van der Waals surface area contributed by atoms with Gasteiger partial charge in [-0.2, -0.15) is 0 Å². The molecule has 0 saturated heterocycles. The summed E-state index contributed by atoms with van der Waals surface area (Å²) in [5, 5.41) is 3.56. The summed E-state index contributed by atoms with van der Waals surface area (Å²) >= 11 is 0. The Kier molecular flexibility index (Phi) is 5.50. The van der Waals surface area contributed by atoms with E-state index in [9.17, 15) is 0 Å². The van der Waals surface area contributed by atoms with Crippen molar-refractivity contribution in [3.05, 3.63) is 35.4 Å². The number of hydrogen-bond donors (Lipinski definition) is 2. The van der Waals surface area contributed by atoms with Crippen molar-refractivity contribution in [1.29, 1.82) is 0 Å². The fourth-order valence-corrected chi connectivity index (χ4v) is 1.63. The van der Waals surface area contributed by atoms with Crippen LogP contribution in [0, 0.1) is 5.92 Å². The maximum Gasteiger partial charge on any atom is 0.0208 e. The average Bonchev–Trinajstić information content (AvgIpc) is 2.35. The van der Waals surface area contributed by atoms with Gasteiger partial charge in [0.15, 0.2) is 0 Å². The quantitative estimate of drug-likeness (QED) is 0.773. The molecule has 90 valence electrons. The third kappa shape index (κ3) is 3.95. The van der Waals surface area contributed by atoms with Crippen molar-refractivity contribution in [1.82, 2.24) is 5.32 Å². The Hall–Kier alpha value is -0.860. The van der Waals surface area contributed by atoms with E-state index in [-0.39, 0.29) is 0 Å². The van der Waals surface area contributed by atoms with Crippen LogP contribution >= 0.6 is 0 Å². The molecule has 0 aliphatic carbocycles. The maximum absolute atomic E-state index is 5.56. The Morgan fingerprint density at radius 1 is 1.12 bits per heavy atom. The molecule has 2 atom stereocenters. The molecular weight excluding hydrogens is 196 g/mol. The minimum Gasteiger partial charge on any atom is -0.326 e. The first-order valence-electron chi connectivity index (χ1n) is 6.18. The summed E-state index contributed by atoms with van der Waals surface area (Å²) in [5.41, 5.74) is 8.08. The molecule has 0 aliphatic heterocycles. The van der Waals surface area contributed by atoms with Gasteiger partial charge in [0.1, 0.15) is 0 Å². The smallest absolute Gasteiger partial charge is 0.0208 e. The topological polar surface area (TPSA) is 38.0 Å². The van der Waals surface area contributed by atoms with E-state index in [2.05, 4.69) is 50.4 Å². The molecule has 0 radical (unpaired) electrons. The largest absolute Gasteiger partial charge is 0.326 e. The van der Waals surface area contributed by atoms with Crippen LogP contribution in [0.2, 0.25) is 0 Å². The van der Waals surface area contributed by atoms with E-state index in [4.69, 9.17) is 5.73 Å². The van der Waals surface area contributed by atoms with Crippen molar-refractivity contribution in [3.63, 3.8) is 0 Å². The van der Waals surface area contributed by atoms with E-state index in [1.54, 1.807) is 0 Å². The maximum atomic E-state index is 5.56. The molecule has 0 bridgehead atoms. The summed E-state index contributed by atoms with van der Waals surface area (Å²) in [7, 11) is 0. The number of hydrogen-bond acceptors (Lipinski definition) is 2. The monoisotopic (exact) mass is 220 g/mol. The van der Waals surface area contributed by atoms with Gasteiger partial charge in [-0.05, 0) is 24.0 Å². The van der Waals surface area contributed by atoms with Crippen LogP contribution in [0.4, 0.5) is 0 Å². The lowest BCUT2D eigenvalue weighted by molar-refractivity contribution is 0.389. The van der Waals surface area contributed by atoms with Crippen LogP contribution in [-0.4, -0.2) is 6.04 Å². The third-order valence-electron chi connectivity index (χ3n) is 3.38. The van der Waals surface area contributed by atoms with Gasteiger partial charge in [0.25, 0.3) is 0 Å². The highest BCUT2D eigenvalue weighted by molar-refractivity contribution is 5.22. The van der Waals surface area contributed by atoms with Gasteiger partial charge in [-0.3, -0.25) is 0 Å². The molecule has 3 N–H and O–H groups in total. The van der Waals surface area contributed by atoms with Crippen LogP contribution in [0.3, 0.4) is 0 Å². The van der Waals surface area contributed by atoms with E-state index < -0.39 is 0 Å². The van der Waals surface area contributed by atoms with E-state index in [1.807, 2.05) is 0 Å². The van der Waals surface area contributed by atoms with Gasteiger partial charge in [0, 0.05) is 19.1 Å². The Balaban J connectivity index is 2.42. The summed E-state index contributed by atoms with van der Waals surface area (Å²) in [6, 6.07) is 9.08. The second kappa shape index (κ2) is 6.66. The second-order valence-corrected chi connectivity index (χ2v) is 4.58. The molecule has 0 heterocycles. The van der Waals surface area contributed by atoms with Crippen molar-refractivity contribution >= 4 is 0 Å². The lowest BCUT2D eigenvalue weighted by Gasteiger charge is -2.20. The highest BCUT2D eigenvalue weighted by Gasteiger charge is 2.08. The lowest BCUT2D eigenvalue weighted by atomic mass is 10.0. The fraction of sp³-hybridized carbons (Fsp3) is 0.571. The summed E-state index contributed by atoms with van der Waals surface area (Å²) in [5.74, 6) is 0.725. The number of rotatable bonds is 6. The van der Waals surface area contributed by atoms with Gasteiger partial charge < -0.3 is 11.1 Å². The first-order chi connectivity index (χ1) is 7.67. The van der Waals surface area contributed by atoms with E-state index in [0.717, 1.165) is 12.5 Å². The molecule has 0 fully saturated rings. The van der Waals surface area contributed by atoms with Gasteiger partial charge in [0.2, 0.25) is 0 Å². The third-order valence-corrected chi connectivity index (χ3v) is 3.38. The van der Waals surface area contributed by atoms with Crippen molar-refractivity contribution in [3.8, 4) is 0 Å². The highest BCUT2D eigenvalue weighted by atomic mass is 14.9. The molecule has 2 unspecified atom stereocenters. The van der Waals surface area contributed by atoms with E-state index >= 15 is 0 Å². The van der Waals surface area contributed by atoms with Gasteiger partial charge >= 0.3 is 0 Å². The number of benzene rings is 1. The van der Waals surface area contributed by atoms with Crippen molar-refractivity contribution in [2.24, 2.45) is 11.7 Å². The summed E-state index contributed by atoms with van der Waals surface area (Å²) < 4.78 is 0. The minimum absolute atomic E-state index is 0.569. The zero-order chi connectivity index (χ0) is 12.0. The average molecular weight is 220 g/mol. The second-order valence-electron chi connectivity index (χ2n) is 4.58. The molecule has 1 rings (SSSR count). The molecule has 1 aromatic carbocycles. The first kappa shape index (κ1) is 13.2. The molecule has 0 aromatic heterocycles. The minimum atomic E-state index is 0.569. The van der Waals surface area contributed by atoms with Crippen LogP contribution in [0.1, 0.15) is 38.3 Å². The standard InChI is InChI=1S/C14H24N2/c1-4-11(2)12(3)16-10-14-7-5-13(9-15)6-8-14/h5-8,11-12,16H,4,9-10,15H2,1-3H3. The Morgan fingerprint density at radius 2 is 1.69 bits per heavy atom. The highest BCUT2D eigenvalue weighted by Crippen LogP contribution is 2.08. The zero-order valence-corrected chi connectivity index (χ0v) is 10.7. The molecule has 0 saturated carbocycles. The van der Waals surface area contributed by atoms with Gasteiger partial charge in [-0.25, -0.2) is 0 Å². The van der Waals surface area contributed by atoms with Gasteiger partial charge in [-0.15, -0.1) is 0 Å². The van der Waals surface area contributed by atoms with Gasteiger partial charge in [-0.1, -0.05) is 44.5 Å². The Bertz CT molecular complexity index is 292. The molecule has 1 aromatic rings. The van der Waals surface area contributed by atoms with Crippen LogP contribution < -0.4 is 11.1 Å². The summed E-state index contributed by atoms with van der Waals surface area (Å²) in [6.07, 6.45) is 1.22. The van der Waals surface area contributed by atoms with Crippen molar-refractivity contribution in [2.75, 3.05) is 0 Å². The van der Waals surface area contributed by atoms with Crippen molar-refractivity contribution in [2.45, 2.75) is 46.3 Å². The zero-order valence-electron chi connectivity index (χ0n) is 10.7. The molecule has 0 amide bonds. The lowest BCUT2D eigenvalue weighted by Crippen LogP contribution is -2.31. The molecule has 2 heteroatoms. The number of nitrogens with one attached hydrogen (secondary N) is 1. The Morgan fingerprint density at radius 3 is 2.19 bits per heavy atom. The molecular formula is C14H24N2. The molecule has 16 heavy (non-hydrogen) atoms. The van der Waals surface area contributed by atoms with Crippen LogP contribution in [0.15, 0.2) is 24.3 Å². The molecule has 0 aliphatic rings. The predicted octanol–water partition coefficient (Wildman–Crippen LogP) is 2.67. The Labute approximate surface area is 99.2 Å². The molecule has 2 nitrogen and oxygen atoms in total. The SMILES string of the molecule is CCC(C)C(C)NCc1ccc(CN)cc1. The normalized spacial score (nSPS) is 14.8. The molecule has 0 spiro atoms. The van der Waals surface area contributed by atoms with E-state index in [0.29, 0.717) is 12.6 Å². The first-order valence-corrected chi connectivity index (χ1v) is 6.18. The summed E-state index contributed by atoms with van der Waals surface area (Å²) in [6.45, 7) is 8.34. The summed E-state index contributed by atoms with van der Waals surface area (Å²) in [4.78, 5) is 0. The fourth-order valence-electron chi connectivity index (χ4n) is 1.63. The predicted molar refractivity (Wildman–Crippen MR) is 70.1 cm³/mol. The van der Waals surface area contributed by atoms with E-state index in [1.165, 1.54) is 17.5 Å². The van der Waals surface area contributed by atoms with Crippen LogP contribution in [-0.2, 0) is 13.1 Å². The number of nitrogens with two attached hydrogens (primary N) is 1.